The minimum atomic E-state index is -1.35. The number of rotatable bonds is 6. The minimum absolute atomic E-state index is 0.0220. The predicted molar refractivity (Wildman–Crippen MR) is 125 cm³/mol. The van der Waals surface area contributed by atoms with Crippen molar-refractivity contribution in [3.63, 3.8) is 0 Å². The number of thiophene rings is 1. The lowest BCUT2D eigenvalue weighted by Crippen LogP contribution is -2.52. The molecule has 1 N–H and O–H groups in total. The highest BCUT2D eigenvalue weighted by Crippen LogP contribution is 2.54. The van der Waals surface area contributed by atoms with Crippen LogP contribution in [0.1, 0.15) is 40.7 Å². The number of fused-ring (bicyclic) bond motifs is 1. The van der Waals surface area contributed by atoms with Crippen molar-refractivity contribution in [2.45, 2.75) is 32.6 Å². The maximum absolute atomic E-state index is 13.9. The Morgan fingerprint density at radius 2 is 2.15 bits per heavy atom. The smallest absolute Gasteiger partial charge is 0.306 e. The molecule has 1 aliphatic heterocycles. The van der Waals surface area contributed by atoms with E-state index in [2.05, 4.69) is 4.98 Å². The van der Waals surface area contributed by atoms with E-state index in [1.165, 1.54) is 23.8 Å². The van der Waals surface area contributed by atoms with E-state index in [4.69, 9.17) is 9.15 Å². The van der Waals surface area contributed by atoms with Crippen molar-refractivity contribution >= 4 is 34.0 Å². The van der Waals surface area contributed by atoms with E-state index in [0.717, 1.165) is 11.3 Å². The van der Waals surface area contributed by atoms with E-state index in [-0.39, 0.29) is 24.5 Å². The standard InChI is InChI=1S/C25H24N2O6S/c1-14-18-20(28)25(9-7-16(13-25)23(29)30)24(31)27(11-8-15-5-3-4-6-17(15)32-2)22(18)34-19(14)21-26-10-12-33-21/h3-6,10,12,16H,7-9,11,13H2,1-2H3,(H,29,30). The van der Waals surface area contributed by atoms with Gasteiger partial charge in [-0.25, -0.2) is 4.98 Å². The molecular weight excluding hydrogens is 456 g/mol. The number of carbonyl (C=O) groups excluding carboxylic acids is 2. The lowest BCUT2D eigenvalue weighted by molar-refractivity contribution is -0.141. The molecule has 34 heavy (non-hydrogen) atoms. The summed E-state index contributed by atoms with van der Waals surface area (Å²) in [5.74, 6) is -1.15. The number of anilines is 1. The Bertz CT molecular complexity index is 1280. The van der Waals surface area contributed by atoms with Crippen LogP contribution in [0.2, 0.25) is 0 Å². The monoisotopic (exact) mass is 480 g/mol. The molecule has 2 aliphatic rings. The Kier molecular flexibility index (Phi) is 5.51. The number of methoxy groups -OCH3 is 1. The van der Waals surface area contributed by atoms with E-state index in [1.807, 2.05) is 31.2 Å². The largest absolute Gasteiger partial charge is 0.496 e. The molecule has 1 fully saturated rings. The van der Waals surface area contributed by atoms with Gasteiger partial charge in [-0.05, 0) is 49.8 Å². The zero-order valence-electron chi connectivity index (χ0n) is 18.9. The lowest BCUT2D eigenvalue weighted by atomic mass is 9.74. The number of carboxylic acid groups (broad SMARTS) is 1. The predicted octanol–water partition coefficient (Wildman–Crippen LogP) is 4.36. The van der Waals surface area contributed by atoms with Crippen LogP contribution in [0.5, 0.6) is 5.75 Å². The van der Waals surface area contributed by atoms with Crippen molar-refractivity contribution in [1.29, 1.82) is 0 Å². The Labute approximate surface area is 200 Å². The average Bonchev–Trinajstić information content (AvgIpc) is 3.58. The van der Waals surface area contributed by atoms with Crippen LogP contribution in [-0.2, 0) is 16.0 Å². The molecule has 0 bridgehead atoms. The number of oxazole rings is 1. The zero-order chi connectivity index (χ0) is 24.0. The van der Waals surface area contributed by atoms with Crippen LogP contribution in [0.25, 0.3) is 10.8 Å². The topological polar surface area (TPSA) is 110 Å². The highest BCUT2D eigenvalue weighted by Gasteiger charge is 2.58. The van der Waals surface area contributed by atoms with Gasteiger partial charge in [0, 0.05) is 6.54 Å². The molecule has 1 amide bonds. The van der Waals surface area contributed by atoms with Gasteiger partial charge >= 0.3 is 5.97 Å². The number of Topliss-reactive ketones (excluding diaryl/α,β-unsaturated/α-hetero) is 1. The Morgan fingerprint density at radius 1 is 1.35 bits per heavy atom. The number of hydrogen-bond donors (Lipinski definition) is 1. The zero-order valence-corrected chi connectivity index (χ0v) is 19.7. The summed E-state index contributed by atoms with van der Waals surface area (Å²) in [5, 5.41) is 10.2. The summed E-state index contributed by atoms with van der Waals surface area (Å²) in [5.41, 5.74) is 0.780. The van der Waals surface area contributed by atoms with Gasteiger partial charge in [-0.15, -0.1) is 11.3 Å². The summed E-state index contributed by atoms with van der Waals surface area (Å²) in [4.78, 5) is 46.1. The van der Waals surface area contributed by atoms with Crippen molar-refractivity contribution in [2.75, 3.05) is 18.6 Å². The number of amides is 1. The number of carbonyl (C=O) groups is 3. The van der Waals surface area contributed by atoms with Gasteiger partial charge in [0.25, 0.3) is 0 Å². The van der Waals surface area contributed by atoms with Gasteiger partial charge in [-0.3, -0.25) is 14.4 Å². The van der Waals surface area contributed by atoms with Crippen LogP contribution in [-0.4, -0.2) is 41.4 Å². The number of nitrogens with zero attached hydrogens (tertiary/aromatic N) is 2. The highest BCUT2D eigenvalue weighted by molar-refractivity contribution is 7.20. The van der Waals surface area contributed by atoms with Crippen molar-refractivity contribution < 1.29 is 28.6 Å². The van der Waals surface area contributed by atoms with Crippen molar-refractivity contribution in [1.82, 2.24) is 4.98 Å². The molecule has 9 heteroatoms. The molecule has 2 atom stereocenters. The molecule has 5 rings (SSSR count). The van der Waals surface area contributed by atoms with Gasteiger partial charge in [-0.2, -0.15) is 0 Å². The molecule has 1 spiro atoms. The number of para-hydroxylation sites is 1. The molecule has 2 unspecified atom stereocenters. The minimum Gasteiger partial charge on any atom is -0.496 e. The second-order valence-electron chi connectivity index (χ2n) is 8.78. The van der Waals surface area contributed by atoms with Crippen molar-refractivity contribution in [3.8, 4) is 16.5 Å². The number of hydrogen-bond acceptors (Lipinski definition) is 7. The van der Waals surface area contributed by atoms with Crippen LogP contribution >= 0.6 is 11.3 Å². The van der Waals surface area contributed by atoms with Gasteiger partial charge in [0.15, 0.2) is 5.78 Å². The molecule has 1 aromatic carbocycles. The highest BCUT2D eigenvalue weighted by atomic mass is 32.1. The molecule has 3 aromatic rings. The molecule has 0 radical (unpaired) electrons. The number of carboxylic acids is 1. The second-order valence-corrected chi connectivity index (χ2v) is 9.78. The fourth-order valence-electron chi connectivity index (χ4n) is 5.18. The Hall–Kier alpha value is -3.46. The van der Waals surface area contributed by atoms with Gasteiger partial charge in [-0.1, -0.05) is 18.2 Å². The van der Waals surface area contributed by atoms with Crippen LogP contribution in [0.15, 0.2) is 41.1 Å². The maximum atomic E-state index is 13.9. The Morgan fingerprint density at radius 3 is 2.82 bits per heavy atom. The Balaban J connectivity index is 1.59. The fourth-order valence-corrected chi connectivity index (χ4v) is 6.45. The molecule has 0 saturated heterocycles. The molecule has 1 saturated carbocycles. The van der Waals surface area contributed by atoms with Crippen LogP contribution in [0.4, 0.5) is 5.00 Å². The quantitative estimate of drug-likeness (QED) is 0.522. The first-order chi connectivity index (χ1) is 16.4. The summed E-state index contributed by atoms with van der Waals surface area (Å²) in [6.07, 6.45) is 4.08. The molecule has 176 valence electrons. The first-order valence-corrected chi connectivity index (χ1v) is 11.9. The van der Waals surface area contributed by atoms with E-state index in [0.29, 0.717) is 46.3 Å². The summed E-state index contributed by atoms with van der Waals surface area (Å²) in [6.45, 7) is 2.17. The van der Waals surface area contributed by atoms with E-state index >= 15 is 0 Å². The lowest BCUT2D eigenvalue weighted by Gasteiger charge is -2.38. The van der Waals surface area contributed by atoms with Crippen molar-refractivity contribution in [3.05, 3.63) is 53.4 Å². The van der Waals surface area contributed by atoms with E-state index < -0.39 is 17.3 Å². The number of ketones is 1. The van der Waals surface area contributed by atoms with E-state index in [1.54, 1.807) is 12.0 Å². The number of aromatic nitrogens is 1. The molecule has 1 aliphatic carbocycles. The van der Waals surface area contributed by atoms with Crippen LogP contribution in [0.3, 0.4) is 0 Å². The van der Waals surface area contributed by atoms with Crippen molar-refractivity contribution in [2.24, 2.45) is 11.3 Å². The molecule has 3 heterocycles. The third-order valence-electron chi connectivity index (χ3n) is 6.98. The number of ether oxygens (including phenoxy) is 1. The number of benzene rings is 1. The first-order valence-electron chi connectivity index (χ1n) is 11.1. The summed E-state index contributed by atoms with van der Waals surface area (Å²) in [6, 6.07) is 7.61. The third-order valence-corrected chi connectivity index (χ3v) is 8.28. The van der Waals surface area contributed by atoms with E-state index in [9.17, 15) is 19.5 Å². The summed E-state index contributed by atoms with van der Waals surface area (Å²) < 4.78 is 11.0. The summed E-state index contributed by atoms with van der Waals surface area (Å²) >= 11 is 1.31. The van der Waals surface area contributed by atoms with Gasteiger partial charge in [0.05, 0.1) is 29.7 Å². The van der Waals surface area contributed by atoms with Crippen LogP contribution in [0, 0.1) is 18.3 Å². The summed E-state index contributed by atoms with van der Waals surface area (Å²) in [7, 11) is 1.60. The third kappa shape index (κ3) is 3.34. The van der Waals surface area contributed by atoms with Crippen LogP contribution < -0.4 is 9.64 Å². The SMILES string of the molecule is COc1ccccc1CCN1C(=O)C2(CCC(C(=O)O)C2)C(=O)c2c1sc(-c1ncco1)c2C. The van der Waals surface area contributed by atoms with Gasteiger partial charge in [0.2, 0.25) is 11.8 Å². The first kappa shape index (κ1) is 22.3. The second kappa shape index (κ2) is 8.39. The van der Waals surface area contributed by atoms with Gasteiger partial charge in [0.1, 0.15) is 22.4 Å². The fraction of sp³-hybridized carbons (Fsp3) is 0.360. The average molecular weight is 481 g/mol. The maximum Gasteiger partial charge on any atom is 0.306 e. The number of aliphatic carboxylic acids is 1. The molecule has 8 nitrogen and oxygen atoms in total. The molecular formula is C25H24N2O6S. The van der Waals surface area contributed by atoms with Gasteiger partial charge < -0.3 is 19.2 Å². The molecule has 2 aromatic heterocycles. The normalized spacial score (nSPS) is 21.8.